The molecule has 1 amide bonds. The van der Waals surface area contributed by atoms with E-state index in [1.807, 2.05) is 30.3 Å². The second-order valence-corrected chi connectivity index (χ2v) is 11.3. The summed E-state index contributed by atoms with van der Waals surface area (Å²) in [6, 6.07) is 18.5. The molecule has 0 bridgehead atoms. The van der Waals surface area contributed by atoms with Gasteiger partial charge in [0.1, 0.15) is 16.5 Å². The minimum atomic E-state index is -0.269. The van der Waals surface area contributed by atoms with E-state index < -0.39 is 0 Å². The van der Waals surface area contributed by atoms with Crippen molar-refractivity contribution in [1.82, 2.24) is 24.6 Å². The van der Waals surface area contributed by atoms with Gasteiger partial charge in [0.15, 0.2) is 5.16 Å². The lowest BCUT2D eigenvalue weighted by Gasteiger charge is -2.31. The zero-order valence-corrected chi connectivity index (χ0v) is 23.7. The molecule has 4 aromatic rings. The average molecular weight is 562 g/mol. The smallest absolute Gasteiger partial charge is 0.310 e. The third-order valence-corrected chi connectivity index (χ3v) is 8.66. The molecule has 8 nitrogen and oxygen atoms in total. The third-order valence-electron chi connectivity index (χ3n) is 6.69. The number of carbonyl (C=O) groups excluding carboxylic acids is 2. The van der Waals surface area contributed by atoms with Crippen LogP contribution < -0.4 is 0 Å². The predicted molar refractivity (Wildman–Crippen MR) is 152 cm³/mol. The van der Waals surface area contributed by atoms with Crippen molar-refractivity contribution in [2.45, 2.75) is 44.0 Å². The van der Waals surface area contributed by atoms with E-state index in [4.69, 9.17) is 4.74 Å². The van der Waals surface area contributed by atoms with E-state index in [0.717, 1.165) is 40.1 Å². The quantitative estimate of drug-likeness (QED) is 0.202. The van der Waals surface area contributed by atoms with Crippen LogP contribution >= 0.6 is 23.1 Å². The largest absolute Gasteiger partial charge is 0.466 e. The molecule has 1 unspecified atom stereocenters. The summed E-state index contributed by atoms with van der Waals surface area (Å²) in [7, 11) is 0. The van der Waals surface area contributed by atoms with E-state index in [-0.39, 0.29) is 17.8 Å². The van der Waals surface area contributed by atoms with Crippen molar-refractivity contribution in [3.05, 3.63) is 87.6 Å². The lowest BCUT2D eigenvalue weighted by atomic mass is 9.98. The van der Waals surface area contributed by atoms with Gasteiger partial charge in [-0.1, -0.05) is 60.3 Å². The summed E-state index contributed by atoms with van der Waals surface area (Å²) < 4.78 is 7.29. The maximum Gasteiger partial charge on any atom is 0.310 e. The number of likely N-dealkylation sites (tertiary alicyclic amines) is 1. The van der Waals surface area contributed by atoms with Gasteiger partial charge in [-0.05, 0) is 43.9 Å². The van der Waals surface area contributed by atoms with Gasteiger partial charge in [0.2, 0.25) is 0 Å². The third kappa shape index (κ3) is 6.39. The number of thiazole rings is 1. The van der Waals surface area contributed by atoms with Gasteiger partial charge in [-0.3, -0.25) is 14.2 Å². The molecule has 10 heteroatoms. The zero-order valence-electron chi connectivity index (χ0n) is 22.1. The van der Waals surface area contributed by atoms with Crippen LogP contribution in [0.5, 0.6) is 0 Å². The van der Waals surface area contributed by atoms with Crippen LogP contribution in [-0.4, -0.2) is 56.2 Å². The van der Waals surface area contributed by atoms with Crippen LogP contribution in [0.4, 0.5) is 0 Å². The summed E-state index contributed by atoms with van der Waals surface area (Å²) in [4.78, 5) is 31.7. The van der Waals surface area contributed by atoms with E-state index in [1.165, 1.54) is 16.9 Å². The Kier molecular flexibility index (Phi) is 8.73. The van der Waals surface area contributed by atoms with Crippen LogP contribution in [0.3, 0.4) is 0 Å². The normalized spacial score (nSPS) is 15.3. The predicted octanol–water partition coefficient (Wildman–Crippen LogP) is 5.33. The van der Waals surface area contributed by atoms with Crippen molar-refractivity contribution >= 4 is 35.0 Å². The molecule has 0 N–H and O–H groups in total. The summed E-state index contributed by atoms with van der Waals surface area (Å²) in [5.41, 5.74) is 3.78. The number of amides is 1. The second-order valence-electron chi connectivity index (χ2n) is 9.44. The first kappa shape index (κ1) is 27.1. The van der Waals surface area contributed by atoms with E-state index in [0.29, 0.717) is 37.6 Å². The number of nitrogens with zero attached hydrogens (tertiary/aromatic N) is 5. The van der Waals surface area contributed by atoms with Gasteiger partial charge in [0, 0.05) is 24.9 Å². The van der Waals surface area contributed by atoms with Crippen LogP contribution in [0.1, 0.15) is 52.2 Å². The topological polar surface area (TPSA) is 90.2 Å². The van der Waals surface area contributed by atoms with Crippen molar-refractivity contribution in [3.63, 3.8) is 0 Å². The van der Waals surface area contributed by atoms with E-state index in [2.05, 4.69) is 50.9 Å². The monoisotopic (exact) mass is 561 g/mol. The number of hydrogen-bond donors (Lipinski definition) is 0. The minimum Gasteiger partial charge on any atom is -0.466 e. The highest BCUT2D eigenvalue weighted by Gasteiger charge is 2.30. The Morgan fingerprint density at radius 3 is 2.69 bits per heavy atom. The molecule has 1 saturated heterocycles. The van der Waals surface area contributed by atoms with Crippen LogP contribution in [0.2, 0.25) is 0 Å². The Labute approximate surface area is 236 Å². The molecule has 0 spiro atoms. The molecular formula is C29H31N5O3S2. The molecule has 1 fully saturated rings. The molecule has 2 aromatic heterocycles. The van der Waals surface area contributed by atoms with Gasteiger partial charge in [-0.2, -0.15) is 0 Å². The van der Waals surface area contributed by atoms with Crippen molar-refractivity contribution in [2.75, 3.05) is 19.7 Å². The minimum absolute atomic E-state index is 0.135. The molecule has 202 valence electrons. The summed E-state index contributed by atoms with van der Waals surface area (Å²) in [5, 5.41) is 12.5. The van der Waals surface area contributed by atoms with Crippen LogP contribution in [0.15, 0.2) is 65.1 Å². The highest BCUT2D eigenvalue weighted by atomic mass is 32.2. The molecule has 1 aliphatic heterocycles. The SMILES string of the molecule is CCOC(=O)C1CCCN(C(=O)c2csc(CSc3nnc(Cc4ccccc4)n3-c3ccccc3C)n2)C1. The number of rotatable bonds is 9. The number of ether oxygens (including phenoxy) is 1. The van der Waals surface area contributed by atoms with Gasteiger partial charge >= 0.3 is 5.97 Å². The Bertz CT molecular complexity index is 1440. The summed E-state index contributed by atoms with van der Waals surface area (Å²) in [6.45, 7) is 5.23. The van der Waals surface area contributed by atoms with Crippen LogP contribution in [-0.2, 0) is 21.7 Å². The number of piperidine rings is 1. The molecule has 1 aliphatic rings. The van der Waals surface area contributed by atoms with E-state index in [9.17, 15) is 9.59 Å². The number of benzene rings is 2. The molecule has 0 aliphatic carbocycles. The fraction of sp³-hybridized carbons (Fsp3) is 0.345. The molecular weight excluding hydrogens is 530 g/mol. The molecule has 0 saturated carbocycles. The Morgan fingerprint density at radius 1 is 1.10 bits per heavy atom. The molecule has 0 radical (unpaired) electrons. The fourth-order valence-corrected chi connectivity index (χ4v) is 6.47. The van der Waals surface area contributed by atoms with Crippen molar-refractivity contribution in [1.29, 1.82) is 0 Å². The van der Waals surface area contributed by atoms with Crippen molar-refractivity contribution < 1.29 is 14.3 Å². The molecule has 3 heterocycles. The summed E-state index contributed by atoms with van der Waals surface area (Å²) >= 11 is 3.02. The Morgan fingerprint density at radius 2 is 1.90 bits per heavy atom. The number of carbonyl (C=O) groups is 2. The Balaban J connectivity index is 1.30. The molecule has 5 rings (SSSR count). The molecule has 2 aromatic carbocycles. The van der Waals surface area contributed by atoms with Gasteiger partial charge < -0.3 is 9.64 Å². The number of aromatic nitrogens is 4. The average Bonchev–Trinajstić information content (AvgIpc) is 3.60. The van der Waals surface area contributed by atoms with Crippen LogP contribution in [0.25, 0.3) is 5.69 Å². The molecule has 1 atom stereocenters. The highest BCUT2D eigenvalue weighted by Crippen LogP contribution is 2.29. The van der Waals surface area contributed by atoms with Crippen LogP contribution in [0, 0.1) is 12.8 Å². The molecule has 39 heavy (non-hydrogen) atoms. The summed E-state index contributed by atoms with van der Waals surface area (Å²) in [5.74, 6) is 0.807. The number of hydrogen-bond acceptors (Lipinski definition) is 8. The fourth-order valence-electron chi connectivity index (χ4n) is 4.72. The highest BCUT2D eigenvalue weighted by molar-refractivity contribution is 7.98. The van der Waals surface area contributed by atoms with Gasteiger partial charge in [-0.25, -0.2) is 4.98 Å². The lowest BCUT2D eigenvalue weighted by molar-refractivity contribution is -0.149. The zero-order chi connectivity index (χ0) is 27.2. The maximum absolute atomic E-state index is 13.2. The van der Waals surface area contributed by atoms with Gasteiger partial charge in [-0.15, -0.1) is 21.5 Å². The number of aryl methyl sites for hydroxylation is 1. The van der Waals surface area contributed by atoms with E-state index in [1.54, 1.807) is 29.0 Å². The van der Waals surface area contributed by atoms with Crippen molar-refractivity contribution in [2.24, 2.45) is 5.92 Å². The first-order chi connectivity index (χ1) is 19.0. The lowest BCUT2D eigenvalue weighted by Crippen LogP contribution is -2.43. The Hall–Kier alpha value is -3.50. The van der Waals surface area contributed by atoms with Gasteiger partial charge in [0.05, 0.1) is 24.0 Å². The first-order valence-corrected chi connectivity index (χ1v) is 15.0. The first-order valence-electron chi connectivity index (χ1n) is 13.1. The van der Waals surface area contributed by atoms with E-state index >= 15 is 0 Å². The maximum atomic E-state index is 13.2. The number of thioether (sulfide) groups is 1. The summed E-state index contributed by atoms with van der Waals surface area (Å²) in [6.07, 6.45) is 2.19. The standard InChI is InChI=1S/C29H31N5O3S2/c1-3-37-28(36)22-13-9-15-33(17-22)27(35)23-18-38-26(30-23)19-39-29-32-31-25(16-21-11-5-4-6-12-21)34(29)24-14-8-7-10-20(24)2/h4-8,10-12,14,18,22H,3,9,13,15-17,19H2,1-2H3. The number of esters is 1. The van der Waals surface area contributed by atoms with Crippen molar-refractivity contribution in [3.8, 4) is 5.69 Å². The number of para-hydroxylation sites is 1. The van der Waals surface area contributed by atoms with Gasteiger partial charge in [0.25, 0.3) is 5.91 Å². The second kappa shape index (κ2) is 12.6.